The molecule has 0 saturated carbocycles. The maximum Gasteiger partial charge on any atom is 0.225 e. The van der Waals surface area contributed by atoms with Crippen molar-refractivity contribution in [2.45, 2.75) is 53.1 Å². The molecule has 0 bridgehead atoms. The molecule has 2 atom stereocenters. The third kappa shape index (κ3) is 3.84. The third-order valence-electron chi connectivity index (χ3n) is 4.55. The summed E-state index contributed by atoms with van der Waals surface area (Å²) >= 11 is 0. The zero-order valence-corrected chi connectivity index (χ0v) is 13.6. The molecular weight excluding hydrogens is 264 g/mol. The number of hydrogen-bond acceptors (Lipinski definition) is 3. The van der Waals surface area contributed by atoms with Crippen molar-refractivity contribution in [2.75, 3.05) is 13.1 Å². The molecular formula is C16H28N4O. The topological polar surface area (TPSA) is 61.0 Å². The maximum atomic E-state index is 12.1. The summed E-state index contributed by atoms with van der Waals surface area (Å²) in [6.07, 6.45) is 4.03. The monoisotopic (exact) mass is 292 g/mol. The maximum absolute atomic E-state index is 12.1. The second-order valence-corrected chi connectivity index (χ2v) is 6.40. The highest BCUT2D eigenvalue weighted by atomic mass is 16.2. The highest BCUT2D eigenvalue weighted by Gasteiger charge is 2.30. The molecule has 5 heteroatoms. The number of amides is 1. The minimum Gasteiger partial charge on any atom is -0.342 e. The molecule has 21 heavy (non-hydrogen) atoms. The van der Waals surface area contributed by atoms with Crippen LogP contribution in [0.15, 0.2) is 6.20 Å². The second-order valence-electron chi connectivity index (χ2n) is 6.40. The van der Waals surface area contributed by atoms with E-state index in [1.54, 1.807) is 0 Å². The van der Waals surface area contributed by atoms with Gasteiger partial charge in [0.1, 0.15) is 0 Å². The summed E-state index contributed by atoms with van der Waals surface area (Å²) in [4.78, 5) is 14.2. The van der Waals surface area contributed by atoms with Gasteiger partial charge in [0.15, 0.2) is 0 Å². The van der Waals surface area contributed by atoms with E-state index in [1.807, 2.05) is 31.9 Å². The molecule has 1 aromatic rings. The first kappa shape index (κ1) is 16.0. The molecule has 0 aromatic carbocycles. The van der Waals surface area contributed by atoms with Crippen molar-refractivity contribution in [3.63, 3.8) is 0 Å². The summed E-state index contributed by atoms with van der Waals surface area (Å²) in [7, 11) is 0. The van der Waals surface area contributed by atoms with Crippen LogP contribution in [0.1, 0.15) is 44.9 Å². The number of nitrogens with one attached hydrogen (secondary N) is 2. The Morgan fingerprint density at radius 3 is 2.90 bits per heavy atom. The van der Waals surface area contributed by atoms with Crippen LogP contribution in [0.3, 0.4) is 0 Å². The Balaban J connectivity index is 1.90. The minimum atomic E-state index is 0.0978. The number of rotatable bonds is 5. The summed E-state index contributed by atoms with van der Waals surface area (Å²) < 4.78 is 0. The lowest BCUT2D eigenvalue weighted by Crippen LogP contribution is -2.51. The van der Waals surface area contributed by atoms with E-state index in [0.29, 0.717) is 12.0 Å². The van der Waals surface area contributed by atoms with Crippen molar-refractivity contribution in [1.29, 1.82) is 0 Å². The number of piperidine rings is 1. The quantitative estimate of drug-likeness (QED) is 0.873. The third-order valence-corrected chi connectivity index (χ3v) is 4.55. The number of aryl methyl sites for hydroxylation is 1. The number of H-pyrrole nitrogens is 1. The van der Waals surface area contributed by atoms with E-state index in [9.17, 15) is 4.79 Å². The number of likely N-dealkylation sites (tertiary alicyclic amines) is 1. The predicted octanol–water partition coefficient (Wildman–Crippen LogP) is 2.09. The average Bonchev–Trinajstić information content (AvgIpc) is 2.89. The van der Waals surface area contributed by atoms with Crippen molar-refractivity contribution in [2.24, 2.45) is 11.8 Å². The summed E-state index contributed by atoms with van der Waals surface area (Å²) in [6.45, 7) is 10.8. The molecule has 2 rings (SSSR count). The van der Waals surface area contributed by atoms with Crippen molar-refractivity contribution in [3.8, 4) is 0 Å². The SMILES string of the molecule is CC[C@@H]1CN(C(=O)C(C)C)CC[C@H]1NCc1cn[nH]c1C. The normalized spacial score (nSPS) is 22.8. The van der Waals surface area contributed by atoms with Crippen LogP contribution in [-0.2, 0) is 11.3 Å². The van der Waals surface area contributed by atoms with Gasteiger partial charge in [-0.3, -0.25) is 9.89 Å². The predicted molar refractivity (Wildman–Crippen MR) is 83.8 cm³/mol. The standard InChI is InChI=1S/C16H28N4O/c1-5-13-10-20(16(21)11(2)3)7-6-15(13)17-8-14-9-18-19-12(14)4/h9,11,13,15,17H,5-8,10H2,1-4H3,(H,18,19)/t13-,15-/m1/s1. The van der Waals surface area contributed by atoms with E-state index in [2.05, 4.69) is 22.4 Å². The molecule has 0 radical (unpaired) electrons. The van der Waals surface area contributed by atoms with Gasteiger partial charge in [-0.1, -0.05) is 27.2 Å². The van der Waals surface area contributed by atoms with Crippen molar-refractivity contribution in [3.05, 3.63) is 17.5 Å². The zero-order chi connectivity index (χ0) is 15.4. The number of aromatic amines is 1. The van der Waals surface area contributed by atoms with Crippen LogP contribution < -0.4 is 5.32 Å². The lowest BCUT2D eigenvalue weighted by atomic mass is 9.89. The molecule has 118 valence electrons. The van der Waals surface area contributed by atoms with Crippen LogP contribution in [-0.4, -0.2) is 40.1 Å². The van der Waals surface area contributed by atoms with Gasteiger partial charge in [-0.15, -0.1) is 0 Å². The summed E-state index contributed by atoms with van der Waals surface area (Å²) in [5, 5.41) is 10.7. The molecule has 1 aliphatic rings. The molecule has 5 nitrogen and oxygen atoms in total. The molecule has 1 saturated heterocycles. The average molecular weight is 292 g/mol. The molecule has 0 spiro atoms. The first-order chi connectivity index (χ1) is 10.0. The number of aromatic nitrogens is 2. The minimum absolute atomic E-state index is 0.0978. The Morgan fingerprint density at radius 2 is 2.33 bits per heavy atom. The van der Waals surface area contributed by atoms with Gasteiger partial charge in [0.25, 0.3) is 0 Å². The van der Waals surface area contributed by atoms with Gasteiger partial charge in [0.2, 0.25) is 5.91 Å². The molecule has 2 N–H and O–H groups in total. The van der Waals surface area contributed by atoms with E-state index in [-0.39, 0.29) is 11.8 Å². The van der Waals surface area contributed by atoms with Gasteiger partial charge >= 0.3 is 0 Å². The Bertz CT molecular complexity index is 469. The summed E-state index contributed by atoms with van der Waals surface area (Å²) in [6, 6.07) is 0.487. The fourth-order valence-electron chi connectivity index (χ4n) is 3.07. The Kier molecular flexibility index (Phi) is 5.39. The van der Waals surface area contributed by atoms with E-state index < -0.39 is 0 Å². The summed E-state index contributed by atoms with van der Waals surface area (Å²) in [5.41, 5.74) is 2.36. The highest BCUT2D eigenvalue weighted by molar-refractivity contribution is 5.78. The largest absolute Gasteiger partial charge is 0.342 e. The molecule has 0 aliphatic carbocycles. The lowest BCUT2D eigenvalue weighted by molar-refractivity contribution is -0.136. The molecule has 1 amide bonds. The number of nitrogens with zero attached hydrogens (tertiary/aromatic N) is 2. The van der Waals surface area contributed by atoms with Gasteiger partial charge in [0.05, 0.1) is 6.20 Å². The highest BCUT2D eigenvalue weighted by Crippen LogP contribution is 2.22. The number of carbonyl (C=O) groups excluding carboxylic acids is 1. The molecule has 1 fully saturated rings. The van der Waals surface area contributed by atoms with E-state index in [1.165, 1.54) is 5.56 Å². The smallest absolute Gasteiger partial charge is 0.225 e. The zero-order valence-electron chi connectivity index (χ0n) is 13.6. The first-order valence-electron chi connectivity index (χ1n) is 8.04. The van der Waals surface area contributed by atoms with Gasteiger partial charge in [-0.05, 0) is 19.3 Å². The second kappa shape index (κ2) is 7.07. The Hall–Kier alpha value is -1.36. The van der Waals surface area contributed by atoms with Crippen LogP contribution in [0.4, 0.5) is 0 Å². The van der Waals surface area contributed by atoms with Gasteiger partial charge in [0, 0.05) is 42.9 Å². The van der Waals surface area contributed by atoms with E-state index in [0.717, 1.165) is 38.2 Å². The molecule has 0 unspecified atom stereocenters. The van der Waals surface area contributed by atoms with Crippen LogP contribution in [0.25, 0.3) is 0 Å². The van der Waals surface area contributed by atoms with Crippen LogP contribution in [0, 0.1) is 18.8 Å². The lowest BCUT2D eigenvalue weighted by Gasteiger charge is -2.39. The van der Waals surface area contributed by atoms with Crippen LogP contribution in [0.2, 0.25) is 0 Å². The Labute approximate surface area is 127 Å². The molecule has 1 aromatic heterocycles. The fourth-order valence-corrected chi connectivity index (χ4v) is 3.07. The van der Waals surface area contributed by atoms with E-state index >= 15 is 0 Å². The van der Waals surface area contributed by atoms with Crippen molar-refractivity contribution < 1.29 is 4.79 Å². The van der Waals surface area contributed by atoms with Crippen LogP contribution in [0.5, 0.6) is 0 Å². The Morgan fingerprint density at radius 1 is 1.57 bits per heavy atom. The fraction of sp³-hybridized carbons (Fsp3) is 0.750. The molecule has 2 heterocycles. The van der Waals surface area contributed by atoms with Gasteiger partial charge < -0.3 is 10.2 Å². The van der Waals surface area contributed by atoms with Crippen LogP contribution >= 0.6 is 0 Å². The van der Waals surface area contributed by atoms with E-state index in [4.69, 9.17) is 0 Å². The number of hydrogen-bond donors (Lipinski definition) is 2. The summed E-state index contributed by atoms with van der Waals surface area (Å²) in [5.74, 6) is 0.923. The number of carbonyl (C=O) groups is 1. The van der Waals surface area contributed by atoms with Crippen molar-refractivity contribution >= 4 is 5.91 Å². The first-order valence-corrected chi connectivity index (χ1v) is 8.04. The van der Waals surface area contributed by atoms with Gasteiger partial charge in [-0.25, -0.2) is 0 Å². The molecule has 1 aliphatic heterocycles. The van der Waals surface area contributed by atoms with Crippen molar-refractivity contribution in [1.82, 2.24) is 20.4 Å². The van der Waals surface area contributed by atoms with Gasteiger partial charge in [-0.2, -0.15) is 5.10 Å².